The number of aliphatic hydroxyl groups excluding tert-OH is 1. The Morgan fingerprint density at radius 2 is 0.941 bits per heavy atom. The van der Waals surface area contributed by atoms with Crippen LogP contribution in [0.1, 0.15) is 194 Å². The molecule has 0 rings (SSSR count). The van der Waals surface area contributed by atoms with Crippen LogP contribution < -0.4 is 0 Å². The Morgan fingerprint density at radius 3 is 1.35 bits per heavy atom. The van der Waals surface area contributed by atoms with Crippen molar-refractivity contribution in [3.05, 3.63) is 12.2 Å². The summed E-state index contributed by atoms with van der Waals surface area (Å²) in [4.78, 5) is 65.7. The number of aliphatic hydroxyl groups is 1. The van der Waals surface area contributed by atoms with Gasteiger partial charge in [-0.3, -0.25) is 14.4 Å². The maximum atomic E-state index is 12.6. The predicted molar refractivity (Wildman–Crippen MR) is 206 cm³/mol. The summed E-state index contributed by atoms with van der Waals surface area (Å²) < 4.78 is 16.0. The summed E-state index contributed by atoms with van der Waals surface area (Å²) in [6.45, 7) is 2.51. The number of carbonyl (C=O) groups is 3. The minimum atomic E-state index is -4.80. The quantitative estimate of drug-likeness (QED) is 0.0207. The molecule has 0 aliphatic rings. The molecule has 11 heteroatoms. The summed E-state index contributed by atoms with van der Waals surface area (Å²) in [6, 6.07) is 0. The van der Waals surface area contributed by atoms with Gasteiger partial charge in [-0.15, -0.1) is 0 Å². The van der Waals surface area contributed by atoms with Gasteiger partial charge in [0.15, 0.2) is 6.10 Å². The van der Waals surface area contributed by atoms with Crippen LogP contribution in [0.5, 0.6) is 0 Å². The Kier molecular flexibility index (Phi) is 34.6. The van der Waals surface area contributed by atoms with Gasteiger partial charge in [0.25, 0.3) is 0 Å². The van der Waals surface area contributed by atoms with E-state index in [0.29, 0.717) is 12.8 Å². The van der Waals surface area contributed by atoms with Gasteiger partial charge in [0, 0.05) is 12.8 Å². The molecule has 0 fully saturated rings. The number of esters is 2. The van der Waals surface area contributed by atoms with Crippen molar-refractivity contribution in [3.8, 4) is 0 Å². The first-order chi connectivity index (χ1) is 24.6. The monoisotopic (exact) mass is 748 g/mol. The zero-order valence-electron chi connectivity index (χ0n) is 32.4. The van der Waals surface area contributed by atoms with Crippen LogP contribution in [-0.4, -0.2) is 69.3 Å². The molecule has 0 aromatic carbocycles. The molecule has 0 spiro atoms. The average Bonchev–Trinajstić information content (AvgIpc) is 3.10. The second-order valence-electron chi connectivity index (χ2n) is 14.0. The second-order valence-corrected chi connectivity index (χ2v) is 15.7. The number of allylic oxidation sites excluding steroid dienone is 2. The second kappa shape index (κ2) is 35.6. The molecule has 51 heavy (non-hydrogen) atoms. The Bertz CT molecular complexity index is 861. The van der Waals surface area contributed by atoms with Crippen molar-refractivity contribution in [2.45, 2.75) is 206 Å². The molecular formula is C40H76O10P+. The first kappa shape index (κ1) is 49.6. The molecule has 0 aliphatic heterocycles. The number of ketones is 1. The molecule has 4 N–H and O–H groups in total. The van der Waals surface area contributed by atoms with Gasteiger partial charge in [-0.25, -0.2) is 0 Å². The first-order valence-electron chi connectivity index (χ1n) is 20.5. The van der Waals surface area contributed by atoms with E-state index in [0.717, 1.165) is 57.8 Å². The lowest BCUT2D eigenvalue weighted by molar-refractivity contribution is -0.164. The molecule has 0 saturated heterocycles. The molecule has 0 aliphatic carbocycles. The maximum Gasteiger partial charge on any atom is 0.443 e. The van der Waals surface area contributed by atoms with E-state index >= 15 is 0 Å². The van der Waals surface area contributed by atoms with E-state index < -0.39 is 50.8 Å². The summed E-state index contributed by atoms with van der Waals surface area (Å²) in [5.74, 6) is -4.20. The van der Waals surface area contributed by atoms with Gasteiger partial charge >= 0.3 is 25.7 Å². The molecule has 1 unspecified atom stereocenters. The van der Waals surface area contributed by atoms with E-state index in [4.69, 9.17) is 19.3 Å². The van der Waals surface area contributed by atoms with Gasteiger partial charge < -0.3 is 19.3 Å². The van der Waals surface area contributed by atoms with Gasteiger partial charge in [-0.2, -0.15) is 14.7 Å². The number of Topliss-reactive ketones (excluding diaryl/α,β-unsaturated/α-hetero) is 1. The van der Waals surface area contributed by atoms with Crippen molar-refractivity contribution in [1.82, 2.24) is 0 Å². The highest BCUT2D eigenvalue weighted by atomic mass is 31.2. The van der Waals surface area contributed by atoms with E-state index in [-0.39, 0.29) is 19.4 Å². The van der Waals surface area contributed by atoms with Crippen molar-refractivity contribution in [2.75, 3.05) is 19.8 Å². The van der Waals surface area contributed by atoms with Crippen molar-refractivity contribution in [2.24, 2.45) is 0 Å². The van der Waals surface area contributed by atoms with Gasteiger partial charge in [-0.1, -0.05) is 154 Å². The normalized spacial score (nSPS) is 13.1. The van der Waals surface area contributed by atoms with Crippen molar-refractivity contribution >= 4 is 25.7 Å². The standard InChI is InChI=1S/C40H76O10P/c1-3-5-7-9-11-13-15-17-18-20-22-24-26-28-30-32-39(44)50-36(35-49-40(37(42)33-41)51(45,46)47)34-48-38(43)31-29-27-25-23-21-19-16-14-12-10-8-6-4-2/h17-18,36,40-41,45-47H,3-16,19-35H2,1-2H3/q+1/t36-,40?/m1/s1. The third-order valence-electron chi connectivity index (χ3n) is 9.04. The van der Waals surface area contributed by atoms with Crippen LogP contribution in [0.2, 0.25) is 0 Å². The van der Waals surface area contributed by atoms with Crippen LogP contribution >= 0.6 is 7.94 Å². The lowest BCUT2D eigenvalue weighted by atomic mass is 10.0. The Morgan fingerprint density at radius 1 is 0.549 bits per heavy atom. The molecule has 0 heterocycles. The number of unbranched alkanes of at least 4 members (excludes halogenated alkanes) is 23. The fraction of sp³-hybridized carbons (Fsp3) is 0.875. The van der Waals surface area contributed by atoms with Crippen LogP contribution in [0.4, 0.5) is 0 Å². The molecule has 0 aromatic rings. The maximum absolute atomic E-state index is 12.6. The Hall–Kier alpha value is -1.42. The predicted octanol–water partition coefficient (Wildman–Crippen LogP) is 9.60. The Labute approximate surface area is 311 Å². The lowest BCUT2D eigenvalue weighted by Crippen LogP contribution is -2.36. The fourth-order valence-electron chi connectivity index (χ4n) is 5.91. The highest BCUT2D eigenvalue weighted by Crippen LogP contribution is 2.51. The van der Waals surface area contributed by atoms with Crippen LogP contribution in [0.25, 0.3) is 0 Å². The number of rotatable bonds is 38. The molecule has 10 nitrogen and oxygen atoms in total. The van der Waals surface area contributed by atoms with Crippen molar-refractivity contribution in [1.29, 1.82) is 0 Å². The highest BCUT2D eigenvalue weighted by molar-refractivity contribution is 7.60. The van der Waals surface area contributed by atoms with Gasteiger partial charge in [0.2, 0.25) is 5.78 Å². The third kappa shape index (κ3) is 32.9. The third-order valence-corrected chi connectivity index (χ3v) is 10.1. The molecule has 0 saturated carbocycles. The minimum absolute atomic E-state index is 0.150. The molecule has 300 valence electrons. The molecule has 2 atom stereocenters. The topological polar surface area (TPSA) is 160 Å². The van der Waals surface area contributed by atoms with E-state index in [1.807, 2.05) is 0 Å². The number of carbonyl (C=O) groups excluding carboxylic acids is 3. The van der Waals surface area contributed by atoms with Crippen LogP contribution in [-0.2, 0) is 28.6 Å². The van der Waals surface area contributed by atoms with E-state index in [1.165, 1.54) is 96.3 Å². The van der Waals surface area contributed by atoms with Crippen LogP contribution in [0, 0.1) is 0 Å². The van der Waals surface area contributed by atoms with Gasteiger partial charge in [0.1, 0.15) is 13.2 Å². The summed E-state index contributed by atoms with van der Waals surface area (Å²) in [6.07, 6.45) is 34.1. The smallest absolute Gasteiger partial charge is 0.443 e. The zero-order valence-corrected chi connectivity index (χ0v) is 33.3. The molecule has 0 radical (unpaired) electrons. The number of ether oxygens (including phenoxy) is 3. The van der Waals surface area contributed by atoms with Gasteiger partial charge in [-0.05, 0) is 38.5 Å². The summed E-state index contributed by atoms with van der Waals surface area (Å²) in [5, 5.41) is 9.13. The summed E-state index contributed by atoms with van der Waals surface area (Å²) in [7, 11) is -4.80. The number of hydrogen-bond donors (Lipinski definition) is 4. The molecule has 0 amide bonds. The molecule has 0 bridgehead atoms. The van der Waals surface area contributed by atoms with Crippen LogP contribution in [0.15, 0.2) is 12.2 Å². The molecular weight excluding hydrogens is 671 g/mol. The Balaban J connectivity index is 4.40. The lowest BCUT2D eigenvalue weighted by Gasteiger charge is -2.21. The van der Waals surface area contributed by atoms with Crippen LogP contribution in [0.3, 0.4) is 0 Å². The SMILES string of the molecule is CCCCCCCCC=CCCCCCCCC(=O)O[C@H](COC(=O)CCCCCCCCCCCCCCC)COC(C(=O)CO)[P+](O)(O)O. The van der Waals surface area contributed by atoms with E-state index in [9.17, 15) is 29.1 Å². The van der Waals surface area contributed by atoms with Crippen molar-refractivity contribution in [3.63, 3.8) is 0 Å². The average molecular weight is 748 g/mol. The summed E-state index contributed by atoms with van der Waals surface area (Å²) >= 11 is 0. The van der Waals surface area contributed by atoms with Gasteiger partial charge in [0.05, 0.1) is 6.61 Å². The zero-order chi connectivity index (χ0) is 37.8. The highest BCUT2D eigenvalue weighted by Gasteiger charge is 2.49. The molecule has 0 aromatic heterocycles. The van der Waals surface area contributed by atoms with Crippen molar-refractivity contribution < 1.29 is 48.4 Å². The van der Waals surface area contributed by atoms with E-state index in [1.54, 1.807) is 0 Å². The minimum Gasteiger partial charge on any atom is -0.462 e. The fourth-order valence-corrected chi connectivity index (χ4v) is 6.66. The number of hydrogen-bond acceptors (Lipinski definition) is 10. The summed E-state index contributed by atoms with van der Waals surface area (Å²) in [5.41, 5.74) is 0. The first-order valence-corrected chi connectivity index (χ1v) is 22.2. The van der Waals surface area contributed by atoms with E-state index in [2.05, 4.69) is 26.0 Å². The largest absolute Gasteiger partial charge is 0.462 e.